The summed E-state index contributed by atoms with van der Waals surface area (Å²) in [5, 5.41) is 10.5. The molecule has 0 radical (unpaired) electrons. The molecule has 7 nitrogen and oxygen atoms in total. The normalized spacial score (nSPS) is 10.2. The molecule has 18 heavy (non-hydrogen) atoms. The number of carbonyl (C=O) groups excluding carboxylic acids is 1. The predicted octanol–water partition coefficient (Wildman–Crippen LogP) is 1.70. The van der Waals surface area contributed by atoms with Gasteiger partial charge in [0.05, 0.1) is 7.11 Å². The number of hydrogen-bond donors (Lipinski definition) is 0. The van der Waals surface area contributed by atoms with E-state index in [9.17, 15) is 4.79 Å². The number of methoxy groups -OCH3 is 1. The highest BCUT2D eigenvalue weighted by Crippen LogP contribution is 2.26. The van der Waals surface area contributed by atoms with Gasteiger partial charge in [-0.1, -0.05) is 28.0 Å². The Hall–Kier alpha value is -2.44. The maximum absolute atomic E-state index is 11.4. The summed E-state index contributed by atoms with van der Waals surface area (Å²) in [6.45, 7) is 3.79. The lowest BCUT2D eigenvalue weighted by molar-refractivity contribution is 0.165. The van der Waals surface area contributed by atoms with Gasteiger partial charge in [-0.3, -0.25) is 0 Å². The van der Waals surface area contributed by atoms with Crippen molar-refractivity contribution in [1.82, 2.24) is 20.2 Å². The molecule has 0 bridgehead atoms. The van der Waals surface area contributed by atoms with Crippen LogP contribution in [-0.4, -0.2) is 33.4 Å². The molecular formula is C11H12N4O3. The molecule has 7 heteroatoms. The summed E-state index contributed by atoms with van der Waals surface area (Å²) >= 11 is 0. The lowest BCUT2D eigenvalue weighted by atomic mass is 10.1. The fraction of sp³-hybridized carbons (Fsp3) is 0.273. The highest BCUT2D eigenvalue weighted by molar-refractivity contribution is 5.70. The Bertz CT molecular complexity index is 559. The smallest absolute Gasteiger partial charge is 0.440 e. The molecular weight excluding hydrogens is 236 g/mol. The van der Waals surface area contributed by atoms with Crippen molar-refractivity contribution in [1.29, 1.82) is 0 Å². The molecule has 0 amide bonds. The highest BCUT2D eigenvalue weighted by Gasteiger charge is 2.17. The molecule has 2 rings (SSSR count). The molecule has 1 aromatic heterocycles. The van der Waals surface area contributed by atoms with E-state index < -0.39 is 6.09 Å². The lowest BCUT2D eigenvalue weighted by Crippen LogP contribution is -2.14. The monoisotopic (exact) mass is 248 g/mol. The van der Waals surface area contributed by atoms with E-state index in [0.29, 0.717) is 5.75 Å². The van der Waals surface area contributed by atoms with E-state index in [-0.39, 0.29) is 6.01 Å². The lowest BCUT2D eigenvalue weighted by Gasteiger charge is -2.09. The van der Waals surface area contributed by atoms with Gasteiger partial charge in [-0.2, -0.15) is 0 Å². The van der Waals surface area contributed by atoms with Gasteiger partial charge >= 0.3 is 12.1 Å². The zero-order valence-corrected chi connectivity index (χ0v) is 10.2. The van der Waals surface area contributed by atoms with Crippen LogP contribution in [0.15, 0.2) is 18.2 Å². The quantitative estimate of drug-likeness (QED) is 0.752. The zero-order chi connectivity index (χ0) is 13.1. The molecule has 1 aromatic carbocycles. The predicted molar refractivity (Wildman–Crippen MR) is 61.6 cm³/mol. The van der Waals surface area contributed by atoms with Crippen molar-refractivity contribution >= 4 is 6.09 Å². The van der Waals surface area contributed by atoms with Crippen LogP contribution in [0.2, 0.25) is 0 Å². The third-order valence-electron chi connectivity index (χ3n) is 2.39. The molecule has 0 unspecified atom stereocenters. The first-order chi connectivity index (χ1) is 8.63. The first-order valence-electron chi connectivity index (χ1n) is 5.24. The van der Waals surface area contributed by atoms with Gasteiger partial charge in [0, 0.05) is 0 Å². The van der Waals surface area contributed by atoms with Crippen LogP contribution >= 0.6 is 0 Å². The van der Waals surface area contributed by atoms with E-state index in [2.05, 4.69) is 20.3 Å². The Morgan fingerprint density at radius 1 is 1.28 bits per heavy atom. The number of tetrazole rings is 1. The van der Waals surface area contributed by atoms with Crippen LogP contribution in [0.1, 0.15) is 11.1 Å². The maximum atomic E-state index is 11.4. The summed E-state index contributed by atoms with van der Waals surface area (Å²) in [6.07, 6.45) is -0.707. The van der Waals surface area contributed by atoms with Crippen LogP contribution in [0.3, 0.4) is 0 Å². The van der Waals surface area contributed by atoms with Gasteiger partial charge in [0.25, 0.3) is 0 Å². The van der Waals surface area contributed by atoms with Gasteiger partial charge in [0.2, 0.25) is 0 Å². The van der Waals surface area contributed by atoms with Crippen molar-refractivity contribution in [3.8, 4) is 11.8 Å². The van der Waals surface area contributed by atoms with Crippen molar-refractivity contribution < 1.29 is 14.3 Å². The number of ether oxygens (including phenoxy) is 2. The second-order valence-corrected chi connectivity index (χ2v) is 3.67. The van der Waals surface area contributed by atoms with Crippen LogP contribution in [0.4, 0.5) is 4.79 Å². The van der Waals surface area contributed by atoms with Crippen LogP contribution in [0.25, 0.3) is 0 Å². The minimum Gasteiger partial charge on any atom is -0.451 e. The van der Waals surface area contributed by atoms with Crippen molar-refractivity contribution in [3.05, 3.63) is 29.3 Å². The number of hydrogen-bond acceptors (Lipinski definition) is 6. The number of benzene rings is 1. The summed E-state index contributed by atoms with van der Waals surface area (Å²) in [5.41, 5.74) is 1.85. The van der Waals surface area contributed by atoms with E-state index in [1.165, 1.54) is 7.11 Å². The van der Waals surface area contributed by atoms with Crippen LogP contribution in [-0.2, 0) is 4.74 Å². The molecule has 0 fully saturated rings. The summed E-state index contributed by atoms with van der Waals surface area (Å²) in [5.74, 6) is 0.623. The number of rotatable bonds is 2. The third-order valence-corrected chi connectivity index (χ3v) is 2.39. The van der Waals surface area contributed by atoms with E-state index in [0.717, 1.165) is 15.8 Å². The third kappa shape index (κ3) is 2.15. The molecule has 0 atom stereocenters. The summed E-state index contributed by atoms with van der Waals surface area (Å²) < 4.78 is 10.9. The number of para-hydroxylation sites is 1. The molecule has 94 valence electrons. The number of carbonyl (C=O) groups is 1. The van der Waals surface area contributed by atoms with E-state index >= 15 is 0 Å². The molecule has 0 aliphatic heterocycles. The van der Waals surface area contributed by atoms with Crippen molar-refractivity contribution in [2.45, 2.75) is 13.8 Å². The Morgan fingerprint density at radius 2 is 1.94 bits per heavy atom. The fourth-order valence-corrected chi connectivity index (χ4v) is 1.50. The molecule has 2 aromatic rings. The van der Waals surface area contributed by atoms with E-state index in [4.69, 9.17) is 4.74 Å². The summed E-state index contributed by atoms with van der Waals surface area (Å²) in [6, 6.07) is 5.68. The number of nitrogens with zero attached hydrogens (tertiary/aromatic N) is 4. The highest BCUT2D eigenvalue weighted by atomic mass is 16.6. The Labute approximate surface area is 103 Å². The fourth-order valence-electron chi connectivity index (χ4n) is 1.50. The van der Waals surface area contributed by atoms with Crippen molar-refractivity contribution in [3.63, 3.8) is 0 Å². The average Bonchev–Trinajstić information content (AvgIpc) is 2.81. The van der Waals surface area contributed by atoms with E-state index in [1.807, 2.05) is 32.0 Å². The first-order valence-corrected chi connectivity index (χ1v) is 5.24. The minimum atomic E-state index is -0.707. The van der Waals surface area contributed by atoms with E-state index in [1.54, 1.807) is 0 Å². The average molecular weight is 248 g/mol. The topological polar surface area (TPSA) is 79.1 Å². The van der Waals surface area contributed by atoms with Crippen molar-refractivity contribution in [2.75, 3.05) is 7.11 Å². The van der Waals surface area contributed by atoms with Gasteiger partial charge in [0.1, 0.15) is 5.75 Å². The molecule has 0 aliphatic carbocycles. The molecule has 0 aliphatic rings. The van der Waals surface area contributed by atoms with Gasteiger partial charge < -0.3 is 9.47 Å². The molecule has 0 saturated heterocycles. The SMILES string of the molecule is COC(=O)n1nnnc1Oc1c(C)cccc1C. The van der Waals surface area contributed by atoms with Gasteiger partial charge in [0.15, 0.2) is 0 Å². The Morgan fingerprint density at radius 3 is 2.56 bits per heavy atom. The molecule has 0 spiro atoms. The van der Waals surface area contributed by atoms with Crippen LogP contribution in [0.5, 0.6) is 11.8 Å². The molecule has 1 heterocycles. The summed E-state index contributed by atoms with van der Waals surface area (Å²) in [7, 11) is 1.24. The number of aromatic nitrogens is 4. The molecule has 0 N–H and O–H groups in total. The van der Waals surface area contributed by atoms with Gasteiger partial charge in [-0.25, -0.2) is 4.79 Å². The van der Waals surface area contributed by atoms with Crippen molar-refractivity contribution in [2.24, 2.45) is 0 Å². The minimum absolute atomic E-state index is 0.0285. The zero-order valence-electron chi connectivity index (χ0n) is 10.2. The standard InChI is InChI=1S/C11H12N4O3/c1-7-5-4-6-8(2)9(7)18-10-12-13-14-15(10)11(16)17-3/h4-6H,1-3H3. The molecule has 0 saturated carbocycles. The Balaban J connectivity index is 2.35. The van der Waals surface area contributed by atoms with Gasteiger partial charge in [-0.05, 0) is 35.4 Å². The second-order valence-electron chi connectivity index (χ2n) is 3.67. The van der Waals surface area contributed by atoms with Crippen LogP contribution in [0, 0.1) is 13.8 Å². The largest absolute Gasteiger partial charge is 0.451 e. The van der Waals surface area contributed by atoms with Crippen LogP contribution < -0.4 is 4.74 Å². The summed E-state index contributed by atoms with van der Waals surface area (Å²) in [4.78, 5) is 11.4. The maximum Gasteiger partial charge on any atom is 0.440 e. The first kappa shape index (κ1) is 12.0. The van der Waals surface area contributed by atoms with Gasteiger partial charge in [-0.15, -0.1) is 0 Å². The Kier molecular flexibility index (Phi) is 3.22. The second kappa shape index (κ2) is 4.82. The number of aryl methyl sites for hydroxylation is 2.